The molecule has 23 heavy (non-hydrogen) atoms. The number of hydrogen-bond acceptors (Lipinski definition) is 5. The Hall–Kier alpha value is -1.76. The van der Waals surface area contributed by atoms with Gasteiger partial charge in [-0.05, 0) is 36.6 Å². The molecule has 0 aromatic heterocycles. The molecule has 6 nitrogen and oxygen atoms in total. The van der Waals surface area contributed by atoms with Crippen molar-refractivity contribution in [2.24, 2.45) is 5.92 Å². The Balaban J connectivity index is 2.14. The first-order valence-electron chi connectivity index (χ1n) is 7.44. The molecule has 0 aliphatic carbocycles. The molecule has 7 heteroatoms. The van der Waals surface area contributed by atoms with Crippen LogP contribution in [-0.2, 0) is 21.2 Å². The second-order valence-corrected chi connectivity index (χ2v) is 8.16. The average Bonchev–Trinajstić information content (AvgIpc) is 2.87. The molecule has 1 aliphatic rings. The third kappa shape index (κ3) is 3.96. The smallest absolute Gasteiger partial charge is 0.226 e. The summed E-state index contributed by atoms with van der Waals surface area (Å²) in [5, 5.41) is 0. The Kier molecular flexibility index (Phi) is 5.19. The van der Waals surface area contributed by atoms with Crippen molar-refractivity contribution in [1.82, 2.24) is 4.90 Å². The van der Waals surface area contributed by atoms with Crippen molar-refractivity contribution in [2.45, 2.75) is 19.9 Å². The molecule has 1 aromatic carbocycles. The molecule has 0 radical (unpaired) electrons. The van der Waals surface area contributed by atoms with E-state index in [1.807, 2.05) is 19.1 Å². The van der Waals surface area contributed by atoms with Gasteiger partial charge in [0.2, 0.25) is 5.91 Å². The van der Waals surface area contributed by atoms with Crippen LogP contribution >= 0.6 is 0 Å². The Morgan fingerprint density at radius 2 is 1.87 bits per heavy atom. The van der Waals surface area contributed by atoms with Crippen molar-refractivity contribution < 1.29 is 22.7 Å². The zero-order valence-electron chi connectivity index (χ0n) is 14.0. The summed E-state index contributed by atoms with van der Waals surface area (Å²) in [5.41, 5.74) is 1.93. The maximum absolute atomic E-state index is 12.4. The fourth-order valence-corrected chi connectivity index (χ4v) is 4.56. The van der Waals surface area contributed by atoms with Gasteiger partial charge in [0.15, 0.2) is 21.3 Å². The number of methoxy groups -OCH3 is 2. The van der Waals surface area contributed by atoms with E-state index in [9.17, 15) is 13.2 Å². The highest BCUT2D eigenvalue weighted by molar-refractivity contribution is 7.91. The van der Waals surface area contributed by atoms with E-state index in [0.717, 1.165) is 11.1 Å². The summed E-state index contributed by atoms with van der Waals surface area (Å²) in [6.45, 7) is 2.34. The van der Waals surface area contributed by atoms with Gasteiger partial charge in [0.25, 0.3) is 0 Å². The number of benzene rings is 1. The number of aryl methyl sites for hydroxylation is 1. The molecule has 1 saturated heterocycles. The molecule has 0 unspecified atom stereocenters. The fourth-order valence-electron chi connectivity index (χ4n) is 2.83. The first-order valence-corrected chi connectivity index (χ1v) is 9.26. The van der Waals surface area contributed by atoms with Crippen LogP contribution in [0.1, 0.15) is 17.5 Å². The highest BCUT2D eigenvalue weighted by Gasteiger charge is 2.34. The normalized spacial score (nSPS) is 19.4. The lowest BCUT2D eigenvalue weighted by atomic mass is 10.0. The summed E-state index contributed by atoms with van der Waals surface area (Å²) in [7, 11) is 1.78. The molecule has 0 spiro atoms. The monoisotopic (exact) mass is 341 g/mol. The molecule has 1 fully saturated rings. The van der Waals surface area contributed by atoms with Crippen LogP contribution in [0.5, 0.6) is 11.5 Å². The van der Waals surface area contributed by atoms with Crippen LogP contribution in [0.2, 0.25) is 0 Å². The van der Waals surface area contributed by atoms with Gasteiger partial charge in [-0.25, -0.2) is 8.42 Å². The van der Waals surface area contributed by atoms with Gasteiger partial charge in [-0.15, -0.1) is 0 Å². The molecule has 1 amide bonds. The second kappa shape index (κ2) is 6.78. The molecule has 0 N–H and O–H groups in total. The van der Waals surface area contributed by atoms with Gasteiger partial charge >= 0.3 is 0 Å². The standard InChI is InChI=1S/C16H23NO5S/c1-11-7-14(21-3)15(22-4)8-13(11)9-17(2)16(18)12-5-6-23(19,20)10-12/h7-8,12H,5-6,9-10H2,1-4H3/t12-/m1/s1. The summed E-state index contributed by atoms with van der Waals surface area (Å²) in [4.78, 5) is 14.0. The van der Waals surface area contributed by atoms with Crippen LogP contribution in [0.3, 0.4) is 0 Å². The third-order valence-corrected chi connectivity index (χ3v) is 5.98. The molecule has 0 saturated carbocycles. The number of rotatable bonds is 5. The minimum absolute atomic E-state index is 0.0406. The Bertz CT molecular complexity index is 699. The van der Waals surface area contributed by atoms with E-state index in [1.165, 1.54) is 0 Å². The Morgan fingerprint density at radius 3 is 2.39 bits per heavy atom. The van der Waals surface area contributed by atoms with Crippen molar-refractivity contribution in [3.8, 4) is 11.5 Å². The van der Waals surface area contributed by atoms with E-state index in [2.05, 4.69) is 0 Å². The molecule has 2 rings (SSSR count). The summed E-state index contributed by atoms with van der Waals surface area (Å²) < 4.78 is 33.6. The number of amides is 1. The molecule has 1 heterocycles. The van der Waals surface area contributed by atoms with E-state index >= 15 is 0 Å². The minimum Gasteiger partial charge on any atom is -0.493 e. The van der Waals surface area contributed by atoms with E-state index < -0.39 is 15.8 Å². The second-order valence-electron chi connectivity index (χ2n) is 5.93. The SMILES string of the molecule is COc1cc(C)c(CN(C)C(=O)[C@@H]2CCS(=O)(=O)C2)cc1OC. The first kappa shape index (κ1) is 17.6. The van der Waals surface area contributed by atoms with Crippen molar-refractivity contribution >= 4 is 15.7 Å². The number of hydrogen-bond donors (Lipinski definition) is 0. The molecule has 0 bridgehead atoms. The van der Waals surface area contributed by atoms with Gasteiger partial charge in [0.05, 0.1) is 31.6 Å². The van der Waals surface area contributed by atoms with Crippen LogP contribution in [0.15, 0.2) is 12.1 Å². The predicted octanol–water partition coefficient (Wildman–Crippen LogP) is 1.41. The van der Waals surface area contributed by atoms with Crippen LogP contribution in [-0.4, -0.2) is 52.0 Å². The highest BCUT2D eigenvalue weighted by atomic mass is 32.2. The summed E-state index contributed by atoms with van der Waals surface area (Å²) in [6.07, 6.45) is 0.413. The summed E-state index contributed by atoms with van der Waals surface area (Å²) >= 11 is 0. The van der Waals surface area contributed by atoms with Crippen molar-refractivity contribution in [3.05, 3.63) is 23.3 Å². The van der Waals surface area contributed by atoms with Gasteiger partial charge in [0, 0.05) is 13.6 Å². The predicted molar refractivity (Wildman–Crippen MR) is 87.5 cm³/mol. The lowest BCUT2D eigenvalue weighted by molar-refractivity contribution is -0.133. The van der Waals surface area contributed by atoms with E-state index in [4.69, 9.17) is 9.47 Å². The van der Waals surface area contributed by atoms with E-state index in [0.29, 0.717) is 24.5 Å². The maximum atomic E-state index is 12.4. The summed E-state index contributed by atoms with van der Waals surface area (Å²) in [5.74, 6) is 0.765. The van der Waals surface area contributed by atoms with Crippen LogP contribution < -0.4 is 9.47 Å². The van der Waals surface area contributed by atoms with E-state index in [-0.39, 0.29) is 17.4 Å². The van der Waals surface area contributed by atoms with Crippen molar-refractivity contribution in [3.63, 3.8) is 0 Å². The van der Waals surface area contributed by atoms with Gasteiger partial charge < -0.3 is 14.4 Å². The number of nitrogens with zero attached hydrogens (tertiary/aromatic N) is 1. The van der Waals surface area contributed by atoms with Gasteiger partial charge in [-0.1, -0.05) is 0 Å². The average molecular weight is 341 g/mol. The fraction of sp³-hybridized carbons (Fsp3) is 0.562. The van der Waals surface area contributed by atoms with Gasteiger partial charge in [-0.2, -0.15) is 0 Å². The lowest BCUT2D eigenvalue weighted by Crippen LogP contribution is -2.33. The van der Waals surface area contributed by atoms with Crippen molar-refractivity contribution in [2.75, 3.05) is 32.8 Å². The number of ether oxygens (including phenoxy) is 2. The maximum Gasteiger partial charge on any atom is 0.226 e. The van der Waals surface area contributed by atoms with E-state index in [1.54, 1.807) is 26.2 Å². The van der Waals surface area contributed by atoms with Gasteiger partial charge in [-0.3, -0.25) is 4.79 Å². The minimum atomic E-state index is -3.06. The lowest BCUT2D eigenvalue weighted by Gasteiger charge is -2.22. The summed E-state index contributed by atoms with van der Waals surface area (Å²) in [6, 6.07) is 3.72. The largest absolute Gasteiger partial charge is 0.493 e. The molecular formula is C16H23NO5S. The Labute approximate surface area is 137 Å². The van der Waals surface area contributed by atoms with Gasteiger partial charge in [0.1, 0.15) is 0 Å². The molecule has 128 valence electrons. The van der Waals surface area contributed by atoms with Crippen LogP contribution in [0, 0.1) is 12.8 Å². The number of sulfone groups is 1. The third-order valence-electron chi connectivity index (χ3n) is 4.21. The Morgan fingerprint density at radius 1 is 1.26 bits per heavy atom. The quantitative estimate of drug-likeness (QED) is 0.809. The molecule has 1 aromatic rings. The first-order chi connectivity index (χ1) is 10.8. The van der Waals surface area contributed by atoms with Crippen LogP contribution in [0.4, 0.5) is 0 Å². The topological polar surface area (TPSA) is 72.9 Å². The number of carbonyl (C=O) groups is 1. The molecular weight excluding hydrogens is 318 g/mol. The molecule has 1 atom stereocenters. The zero-order valence-corrected chi connectivity index (χ0v) is 14.8. The number of carbonyl (C=O) groups excluding carboxylic acids is 1. The van der Waals surface area contributed by atoms with Crippen LogP contribution in [0.25, 0.3) is 0 Å². The highest BCUT2D eigenvalue weighted by Crippen LogP contribution is 2.31. The van der Waals surface area contributed by atoms with Crippen molar-refractivity contribution in [1.29, 1.82) is 0 Å². The molecule has 1 aliphatic heterocycles. The zero-order chi connectivity index (χ0) is 17.2.